The standard InChI is InChI=1S/C18H19FN2O7S/c19-15-10-14(6-7-16(15)28-8-2-5-18(24)25)29(26,27)21-13-4-1-3-12(9-13)20-17(23)11-22/h1,3-4,6-7,9-10,21-22H,2,5,8,11H2,(H,20,23)(H,24,25). The molecule has 1 amide bonds. The summed E-state index contributed by atoms with van der Waals surface area (Å²) < 4.78 is 46.5. The van der Waals surface area contributed by atoms with E-state index >= 15 is 0 Å². The van der Waals surface area contributed by atoms with Gasteiger partial charge in [0.1, 0.15) is 6.61 Å². The second kappa shape index (κ2) is 9.85. The van der Waals surface area contributed by atoms with Crippen molar-refractivity contribution in [2.75, 3.05) is 23.3 Å². The highest BCUT2D eigenvalue weighted by atomic mass is 32.2. The van der Waals surface area contributed by atoms with Gasteiger partial charge in [-0.2, -0.15) is 0 Å². The van der Waals surface area contributed by atoms with Gasteiger partial charge in [-0.1, -0.05) is 6.07 Å². The highest BCUT2D eigenvalue weighted by Crippen LogP contribution is 2.24. The van der Waals surface area contributed by atoms with E-state index in [0.717, 1.165) is 18.2 Å². The molecule has 0 heterocycles. The molecule has 0 saturated heterocycles. The van der Waals surface area contributed by atoms with Crippen LogP contribution in [0.5, 0.6) is 5.75 Å². The Balaban J connectivity index is 2.09. The lowest BCUT2D eigenvalue weighted by molar-refractivity contribution is -0.137. The summed E-state index contributed by atoms with van der Waals surface area (Å²) in [5.41, 5.74) is 0.385. The van der Waals surface area contributed by atoms with E-state index in [9.17, 15) is 22.4 Å². The third-order valence-electron chi connectivity index (χ3n) is 3.55. The lowest BCUT2D eigenvalue weighted by atomic mass is 10.3. The van der Waals surface area contributed by atoms with Crippen molar-refractivity contribution in [2.45, 2.75) is 17.7 Å². The lowest BCUT2D eigenvalue weighted by Gasteiger charge is -2.11. The van der Waals surface area contributed by atoms with Crippen LogP contribution < -0.4 is 14.8 Å². The molecule has 11 heteroatoms. The molecule has 0 unspecified atom stereocenters. The van der Waals surface area contributed by atoms with Crippen molar-refractivity contribution in [3.05, 3.63) is 48.3 Å². The summed E-state index contributed by atoms with van der Waals surface area (Å²) in [6.07, 6.45) is 0.0510. The van der Waals surface area contributed by atoms with Gasteiger partial charge in [0.2, 0.25) is 5.91 Å². The van der Waals surface area contributed by atoms with Crippen LogP contribution in [0.15, 0.2) is 47.4 Å². The van der Waals surface area contributed by atoms with Crippen molar-refractivity contribution in [1.29, 1.82) is 0 Å². The van der Waals surface area contributed by atoms with Gasteiger partial charge in [0.25, 0.3) is 10.0 Å². The highest BCUT2D eigenvalue weighted by molar-refractivity contribution is 7.92. The number of sulfonamides is 1. The summed E-state index contributed by atoms with van der Waals surface area (Å²) in [6, 6.07) is 8.83. The van der Waals surface area contributed by atoms with Crippen molar-refractivity contribution in [3.63, 3.8) is 0 Å². The lowest BCUT2D eigenvalue weighted by Crippen LogP contribution is -2.16. The maximum Gasteiger partial charge on any atom is 0.303 e. The molecule has 4 N–H and O–H groups in total. The zero-order valence-corrected chi connectivity index (χ0v) is 15.9. The average molecular weight is 426 g/mol. The molecule has 2 aromatic rings. The highest BCUT2D eigenvalue weighted by Gasteiger charge is 2.17. The number of amides is 1. The van der Waals surface area contributed by atoms with Crippen molar-refractivity contribution in [1.82, 2.24) is 0 Å². The Kier molecular flexibility index (Phi) is 7.51. The Morgan fingerprint density at radius 3 is 2.48 bits per heavy atom. The second-order valence-corrected chi connectivity index (χ2v) is 7.51. The molecule has 0 spiro atoms. The molecule has 0 aromatic heterocycles. The number of ether oxygens (including phenoxy) is 1. The zero-order valence-electron chi connectivity index (χ0n) is 15.1. The molecule has 0 aliphatic heterocycles. The van der Waals surface area contributed by atoms with E-state index in [1.165, 1.54) is 24.3 Å². The van der Waals surface area contributed by atoms with Crippen LogP contribution in [0.3, 0.4) is 0 Å². The molecule has 0 atom stereocenters. The molecule has 2 rings (SSSR count). The van der Waals surface area contributed by atoms with Crippen LogP contribution >= 0.6 is 0 Å². The third kappa shape index (κ3) is 6.73. The van der Waals surface area contributed by atoms with Gasteiger partial charge in [0, 0.05) is 12.1 Å². The number of carboxylic acids is 1. The number of carbonyl (C=O) groups excluding carboxylic acids is 1. The number of carboxylic acid groups (broad SMARTS) is 1. The summed E-state index contributed by atoms with van der Waals surface area (Å²) in [6.45, 7) is -0.750. The van der Waals surface area contributed by atoms with Crippen LogP contribution in [0, 0.1) is 5.82 Å². The smallest absolute Gasteiger partial charge is 0.303 e. The Morgan fingerprint density at radius 2 is 1.83 bits per heavy atom. The summed E-state index contributed by atoms with van der Waals surface area (Å²) in [4.78, 5) is 21.3. The molecule has 0 fully saturated rings. The number of aliphatic hydroxyl groups is 1. The van der Waals surface area contributed by atoms with Crippen molar-refractivity contribution in [2.24, 2.45) is 0 Å². The minimum absolute atomic E-state index is 0.0279. The number of benzene rings is 2. The fourth-order valence-corrected chi connectivity index (χ4v) is 3.31. The average Bonchev–Trinajstić information content (AvgIpc) is 2.65. The van der Waals surface area contributed by atoms with Gasteiger partial charge >= 0.3 is 5.97 Å². The molecular weight excluding hydrogens is 407 g/mol. The van der Waals surface area contributed by atoms with E-state index in [1.54, 1.807) is 0 Å². The Hall–Kier alpha value is -3.18. The van der Waals surface area contributed by atoms with Crippen LogP contribution in [0.1, 0.15) is 12.8 Å². The first kappa shape index (κ1) is 22.1. The fraction of sp³-hybridized carbons (Fsp3) is 0.222. The van der Waals surface area contributed by atoms with Crippen LogP contribution in [0.2, 0.25) is 0 Å². The van der Waals surface area contributed by atoms with Crippen LogP contribution in [0.25, 0.3) is 0 Å². The van der Waals surface area contributed by atoms with Crippen molar-refractivity contribution < 1.29 is 37.3 Å². The summed E-state index contributed by atoms with van der Waals surface area (Å²) in [5.74, 6) is -2.76. The monoisotopic (exact) mass is 426 g/mol. The molecule has 156 valence electrons. The number of hydrogen-bond acceptors (Lipinski definition) is 6. The zero-order chi connectivity index (χ0) is 21.4. The number of carbonyl (C=O) groups is 2. The minimum Gasteiger partial charge on any atom is -0.491 e. The maximum absolute atomic E-state index is 14.1. The number of anilines is 2. The predicted octanol–water partition coefficient (Wildman–Crippen LogP) is 1.80. The summed E-state index contributed by atoms with van der Waals surface area (Å²) in [5, 5.41) is 19.7. The molecule has 29 heavy (non-hydrogen) atoms. The first-order valence-corrected chi connectivity index (χ1v) is 9.87. The molecular formula is C18H19FN2O7S. The number of nitrogens with one attached hydrogen (secondary N) is 2. The Bertz CT molecular complexity index is 995. The van der Waals surface area contributed by atoms with Crippen LogP contribution in [-0.2, 0) is 19.6 Å². The van der Waals surface area contributed by atoms with Gasteiger partial charge in [-0.25, -0.2) is 12.8 Å². The Labute approximate surface area is 166 Å². The molecule has 0 aliphatic rings. The van der Waals surface area contributed by atoms with E-state index in [1.807, 2.05) is 0 Å². The molecule has 0 radical (unpaired) electrons. The minimum atomic E-state index is -4.13. The van der Waals surface area contributed by atoms with Crippen molar-refractivity contribution in [3.8, 4) is 5.75 Å². The first-order valence-electron chi connectivity index (χ1n) is 8.39. The van der Waals surface area contributed by atoms with Gasteiger partial charge in [-0.05, 0) is 42.8 Å². The van der Waals surface area contributed by atoms with E-state index < -0.39 is 34.3 Å². The number of aliphatic hydroxyl groups excluding tert-OH is 1. The number of rotatable bonds is 10. The number of halogens is 1. The molecule has 9 nitrogen and oxygen atoms in total. The van der Waals surface area contributed by atoms with Crippen molar-refractivity contribution >= 4 is 33.3 Å². The molecule has 0 aliphatic carbocycles. The largest absolute Gasteiger partial charge is 0.491 e. The SMILES string of the molecule is O=C(O)CCCOc1ccc(S(=O)(=O)Nc2cccc(NC(=O)CO)c2)cc1F. The number of aliphatic carboxylic acids is 1. The van der Waals surface area contributed by atoms with E-state index in [-0.39, 0.29) is 41.5 Å². The van der Waals surface area contributed by atoms with Gasteiger partial charge < -0.3 is 20.3 Å². The maximum atomic E-state index is 14.1. The van der Waals surface area contributed by atoms with Crippen LogP contribution in [-0.4, -0.2) is 43.7 Å². The van der Waals surface area contributed by atoms with E-state index in [4.69, 9.17) is 14.9 Å². The summed E-state index contributed by atoms with van der Waals surface area (Å²) in [7, 11) is -4.13. The van der Waals surface area contributed by atoms with Crippen LogP contribution in [0.4, 0.5) is 15.8 Å². The van der Waals surface area contributed by atoms with Gasteiger partial charge in [-0.15, -0.1) is 0 Å². The third-order valence-corrected chi connectivity index (χ3v) is 4.93. The van der Waals surface area contributed by atoms with Gasteiger partial charge in [0.15, 0.2) is 11.6 Å². The van der Waals surface area contributed by atoms with Gasteiger partial charge in [0.05, 0.1) is 17.2 Å². The van der Waals surface area contributed by atoms with E-state index in [0.29, 0.717) is 0 Å². The number of hydrogen-bond donors (Lipinski definition) is 4. The molecule has 2 aromatic carbocycles. The van der Waals surface area contributed by atoms with Gasteiger partial charge in [-0.3, -0.25) is 14.3 Å². The fourth-order valence-electron chi connectivity index (χ4n) is 2.25. The first-order chi connectivity index (χ1) is 13.7. The second-order valence-electron chi connectivity index (χ2n) is 5.83. The summed E-state index contributed by atoms with van der Waals surface area (Å²) >= 11 is 0. The van der Waals surface area contributed by atoms with E-state index in [2.05, 4.69) is 10.0 Å². The molecule has 0 saturated carbocycles. The quantitative estimate of drug-likeness (QED) is 0.424. The Morgan fingerprint density at radius 1 is 1.10 bits per heavy atom. The predicted molar refractivity (Wildman–Crippen MR) is 102 cm³/mol. The molecule has 0 bridgehead atoms. The normalized spacial score (nSPS) is 11.0. The topological polar surface area (TPSA) is 142 Å².